The van der Waals surface area contributed by atoms with Gasteiger partial charge in [-0.1, -0.05) is 19.9 Å². The van der Waals surface area contributed by atoms with E-state index in [1.54, 1.807) is 0 Å². The van der Waals surface area contributed by atoms with Crippen LogP contribution in [0.25, 0.3) is 0 Å². The topological polar surface area (TPSA) is 28.2 Å². The van der Waals surface area contributed by atoms with Gasteiger partial charge < -0.3 is 5.32 Å². The summed E-state index contributed by atoms with van der Waals surface area (Å²) in [6.45, 7) is 6.60. The summed E-state index contributed by atoms with van der Waals surface area (Å²) in [4.78, 5) is 7.37. The Morgan fingerprint density at radius 1 is 1.25 bits per heavy atom. The standard InChI is InChI=1S/C17H27N3/c1-3-13-6-5-9-19-17(13)12-20-15-7-8-16(20)11-14(10-15)18-4-2/h5-6,9,14-16,18H,3-4,7-8,10-12H2,1-2H3. The summed E-state index contributed by atoms with van der Waals surface area (Å²) in [7, 11) is 0. The summed E-state index contributed by atoms with van der Waals surface area (Å²) < 4.78 is 0. The van der Waals surface area contributed by atoms with Gasteiger partial charge in [0.1, 0.15) is 0 Å². The van der Waals surface area contributed by atoms with Crippen LogP contribution in [0.3, 0.4) is 0 Å². The summed E-state index contributed by atoms with van der Waals surface area (Å²) in [5.74, 6) is 0. The van der Waals surface area contributed by atoms with E-state index in [4.69, 9.17) is 0 Å². The number of aromatic nitrogens is 1. The first-order valence-electron chi connectivity index (χ1n) is 8.23. The molecule has 0 aromatic carbocycles. The van der Waals surface area contributed by atoms with Crippen LogP contribution in [0, 0.1) is 0 Å². The van der Waals surface area contributed by atoms with Crippen LogP contribution in [0.1, 0.15) is 50.8 Å². The smallest absolute Gasteiger partial charge is 0.0575 e. The Labute approximate surface area is 122 Å². The van der Waals surface area contributed by atoms with Gasteiger partial charge in [0.15, 0.2) is 0 Å². The molecule has 0 radical (unpaired) electrons. The number of pyridine rings is 1. The predicted octanol–water partition coefficient (Wildman–Crippen LogP) is 2.75. The second-order valence-electron chi connectivity index (χ2n) is 6.25. The summed E-state index contributed by atoms with van der Waals surface area (Å²) in [6.07, 6.45) is 8.42. The summed E-state index contributed by atoms with van der Waals surface area (Å²) >= 11 is 0. The maximum Gasteiger partial charge on any atom is 0.0575 e. The third kappa shape index (κ3) is 2.75. The van der Waals surface area contributed by atoms with Crippen LogP contribution in [-0.2, 0) is 13.0 Å². The molecule has 2 unspecified atom stereocenters. The number of nitrogens with zero attached hydrogens (tertiary/aromatic N) is 2. The van der Waals surface area contributed by atoms with Gasteiger partial charge in [-0.05, 0) is 50.3 Å². The van der Waals surface area contributed by atoms with Gasteiger partial charge in [-0.15, -0.1) is 0 Å². The molecular formula is C17H27N3. The highest BCUT2D eigenvalue weighted by molar-refractivity contribution is 5.20. The van der Waals surface area contributed by atoms with E-state index >= 15 is 0 Å². The highest BCUT2D eigenvalue weighted by Crippen LogP contribution is 2.36. The Morgan fingerprint density at radius 3 is 2.65 bits per heavy atom. The van der Waals surface area contributed by atoms with Crippen molar-refractivity contribution in [3.63, 3.8) is 0 Å². The van der Waals surface area contributed by atoms with Gasteiger partial charge in [0.2, 0.25) is 0 Å². The average molecular weight is 273 g/mol. The fraction of sp³-hybridized carbons (Fsp3) is 0.706. The molecule has 0 amide bonds. The highest BCUT2D eigenvalue weighted by atomic mass is 15.2. The summed E-state index contributed by atoms with van der Waals surface area (Å²) in [5, 5.41) is 3.65. The molecule has 3 rings (SSSR count). The molecule has 1 N–H and O–H groups in total. The number of hydrogen-bond acceptors (Lipinski definition) is 3. The van der Waals surface area contributed by atoms with E-state index in [1.807, 2.05) is 6.20 Å². The van der Waals surface area contributed by atoms with Gasteiger partial charge in [-0.2, -0.15) is 0 Å². The van der Waals surface area contributed by atoms with Crippen molar-refractivity contribution in [3.05, 3.63) is 29.6 Å². The molecule has 2 fully saturated rings. The largest absolute Gasteiger partial charge is 0.314 e. The van der Waals surface area contributed by atoms with Crippen LogP contribution < -0.4 is 5.32 Å². The van der Waals surface area contributed by atoms with Crippen LogP contribution in [0.2, 0.25) is 0 Å². The van der Waals surface area contributed by atoms with Gasteiger partial charge in [0.25, 0.3) is 0 Å². The molecule has 1 aromatic rings. The number of nitrogens with one attached hydrogen (secondary N) is 1. The third-order valence-electron chi connectivity index (χ3n) is 5.07. The van der Waals surface area contributed by atoms with Gasteiger partial charge in [0.05, 0.1) is 5.69 Å². The Bertz CT molecular complexity index is 432. The number of piperidine rings is 1. The molecule has 2 atom stereocenters. The molecule has 110 valence electrons. The molecule has 0 spiro atoms. The maximum atomic E-state index is 4.64. The van der Waals surface area contributed by atoms with Crippen molar-refractivity contribution >= 4 is 0 Å². The van der Waals surface area contributed by atoms with Crippen LogP contribution >= 0.6 is 0 Å². The number of fused-ring (bicyclic) bond motifs is 2. The van der Waals surface area contributed by atoms with E-state index in [9.17, 15) is 0 Å². The van der Waals surface area contributed by atoms with Crippen molar-refractivity contribution in [2.45, 2.75) is 70.6 Å². The number of aryl methyl sites for hydroxylation is 1. The third-order valence-corrected chi connectivity index (χ3v) is 5.07. The van der Waals surface area contributed by atoms with E-state index in [0.29, 0.717) is 0 Å². The zero-order chi connectivity index (χ0) is 13.9. The minimum absolute atomic E-state index is 0.739. The molecule has 0 saturated carbocycles. The molecule has 2 bridgehead atoms. The van der Waals surface area contributed by atoms with Gasteiger partial charge in [-0.3, -0.25) is 9.88 Å². The maximum absolute atomic E-state index is 4.64. The lowest BCUT2D eigenvalue weighted by Crippen LogP contribution is -2.48. The molecule has 3 heteroatoms. The van der Waals surface area contributed by atoms with Gasteiger partial charge in [0, 0.05) is 30.9 Å². The van der Waals surface area contributed by atoms with Gasteiger partial charge in [-0.25, -0.2) is 0 Å². The molecule has 3 heterocycles. The molecule has 0 aliphatic carbocycles. The first-order valence-corrected chi connectivity index (χ1v) is 8.23. The van der Waals surface area contributed by atoms with E-state index in [0.717, 1.165) is 37.6 Å². The lowest BCUT2D eigenvalue weighted by Gasteiger charge is -2.39. The van der Waals surface area contributed by atoms with Crippen molar-refractivity contribution in [2.24, 2.45) is 0 Å². The molecule has 2 saturated heterocycles. The lowest BCUT2D eigenvalue weighted by atomic mass is 9.96. The minimum atomic E-state index is 0.739. The lowest BCUT2D eigenvalue weighted by molar-refractivity contribution is 0.108. The van der Waals surface area contributed by atoms with Crippen LogP contribution in [-0.4, -0.2) is 34.6 Å². The van der Waals surface area contributed by atoms with Crippen molar-refractivity contribution in [2.75, 3.05) is 6.54 Å². The fourth-order valence-corrected chi connectivity index (χ4v) is 4.10. The Balaban J connectivity index is 1.70. The van der Waals surface area contributed by atoms with E-state index in [2.05, 4.69) is 41.2 Å². The second-order valence-corrected chi connectivity index (χ2v) is 6.25. The predicted molar refractivity (Wildman–Crippen MR) is 82.7 cm³/mol. The van der Waals surface area contributed by atoms with Crippen molar-refractivity contribution < 1.29 is 0 Å². The molecule has 2 aliphatic rings. The Hall–Kier alpha value is -0.930. The van der Waals surface area contributed by atoms with Crippen LogP contribution in [0.4, 0.5) is 0 Å². The zero-order valence-electron chi connectivity index (χ0n) is 12.8. The van der Waals surface area contributed by atoms with Crippen molar-refractivity contribution in [3.8, 4) is 0 Å². The first kappa shape index (κ1) is 14.0. The summed E-state index contributed by atoms with van der Waals surface area (Å²) in [6, 6.07) is 6.57. The minimum Gasteiger partial charge on any atom is -0.314 e. The first-order chi connectivity index (χ1) is 9.81. The molecule has 20 heavy (non-hydrogen) atoms. The van der Waals surface area contributed by atoms with E-state index < -0.39 is 0 Å². The van der Waals surface area contributed by atoms with Crippen LogP contribution in [0.15, 0.2) is 18.3 Å². The zero-order valence-corrected chi connectivity index (χ0v) is 12.8. The van der Waals surface area contributed by atoms with Gasteiger partial charge >= 0.3 is 0 Å². The molecule has 1 aromatic heterocycles. The Morgan fingerprint density at radius 2 is 2.00 bits per heavy atom. The second kappa shape index (κ2) is 6.23. The number of rotatable bonds is 5. The summed E-state index contributed by atoms with van der Waals surface area (Å²) in [5.41, 5.74) is 2.72. The monoisotopic (exact) mass is 273 g/mol. The fourth-order valence-electron chi connectivity index (χ4n) is 4.10. The van der Waals surface area contributed by atoms with E-state index in [1.165, 1.54) is 36.9 Å². The molecule has 2 aliphatic heterocycles. The van der Waals surface area contributed by atoms with E-state index in [-0.39, 0.29) is 0 Å². The number of hydrogen-bond donors (Lipinski definition) is 1. The molecule has 3 nitrogen and oxygen atoms in total. The SMILES string of the molecule is CCNC1CC2CCC(C1)N2Cc1ncccc1CC. The average Bonchev–Trinajstić information content (AvgIpc) is 2.71. The quantitative estimate of drug-likeness (QED) is 0.894. The Kier molecular flexibility index (Phi) is 4.37. The van der Waals surface area contributed by atoms with Crippen molar-refractivity contribution in [1.29, 1.82) is 0 Å². The normalized spacial score (nSPS) is 29.8. The highest BCUT2D eigenvalue weighted by Gasteiger charge is 2.40. The van der Waals surface area contributed by atoms with Crippen LogP contribution in [0.5, 0.6) is 0 Å². The van der Waals surface area contributed by atoms with Crippen molar-refractivity contribution in [1.82, 2.24) is 15.2 Å². The molecular weight excluding hydrogens is 246 g/mol.